The van der Waals surface area contributed by atoms with Gasteiger partial charge in [-0.15, -0.1) is 0 Å². The molecule has 0 fully saturated rings. The van der Waals surface area contributed by atoms with Crippen LogP contribution in [-0.4, -0.2) is 31.0 Å². The first-order chi connectivity index (χ1) is 14.2. The van der Waals surface area contributed by atoms with Gasteiger partial charge in [-0.3, -0.25) is 14.4 Å². The second-order valence-corrected chi connectivity index (χ2v) is 6.50. The quantitative estimate of drug-likeness (QED) is 0.580. The number of ether oxygens (including phenoxy) is 2. The predicted molar refractivity (Wildman–Crippen MR) is 105 cm³/mol. The number of nitrogens with one attached hydrogen (secondary N) is 2. The summed E-state index contributed by atoms with van der Waals surface area (Å²) >= 11 is 6.12. The summed E-state index contributed by atoms with van der Waals surface area (Å²) in [7, 11) is 0. The Balaban J connectivity index is 1.88. The summed E-state index contributed by atoms with van der Waals surface area (Å²) in [5, 5.41) is 5.45. The van der Waals surface area contributed by atoms with Crippen molar-refractivity contribution in [3.63, 3.8) is 0 Å². The Bertz CT molecular complexity index is 893. The molecule has 2 amide bonds. The highest BCUT2D eigenvalue weighted by molar-refractivity contribution is 6.31. The minimum absolute atomic E-state index is 0.0574. The molecule has 0 unspecified atom stereocenters. The van der Waals surface area contributed by atoms with Crippen molar-refractivity contribution in [2.24, 2.45) is 0 Å². The molecule has 7 nitrogen and oxygen atoms in total. The number of anilines is 1. The summed E-state index contributed by atoms with van der Waals surface area (Å²) < 4.78 is 33.4. The number of carbonyl (C=O) groups is 3. The third-order valence-corrected chi connectivity index (χ3v) is 4.10. The van der Waals surface area contributed by atoms with E-state index in [2.05, 4.69) is 15.4 Å². The number of benzene rings is 2. The Kier molecular flexibility index (Phi) is 8.54. The molecule has 10 heteroatoms. The van der Waals surface area contributed by atoms with Gasteiger partial charge in [-0.05, 0) is 35.9 Å². The molecule has 160 valence electrons. The smallest absolute Gasteiger partial charge is 0.387 e. The summed E-state index contributed by atoms with van der Waals surface area (Å²) in [6, 6.07) is 11.3. The molecule has 2 N–H and O–H groups in total. The number of hydrogen-bond donors (Lipinski definition) is 2. The number of rotatable bonds is 9. The summed E-state index contributed by atoms with van der Waals surface area (Å²) in [6.45, 7) is -2.21. The zero-order chi connectivity index (χ0) is 22.1. The minimum atomic E-state index is -2.95. The highest BCUT2D eigenvalue weighted by Crippen LogP contribution is 2.25. The Labute approximate surface area is 176 Å². The lowest BCUT2D eigenvalue weighted by Crippen LogP contribution is -2.29. The molecule has 0 aliphatic carbocycles. The van der Waals surface area contributed by atoms with Gasteiger partial charge in [0.25, 0.3) is 5.91 Å². The number of halogens is 3. The van der Waals surface area contributed by atoms with Crippen LogP contribution in [0.1, 0.15) is 24.9 Å². The molecule has 0 spiro atoms. The van der Waals surface area contributed by atoms with E-state index in [0.717, 1.165) is 0 Å². The van der Waals surface area contributed by atoms with Crippen LogP contribution in [0.3, 0.4) is 0 Å². The van der Waals surface area contributed by atoms with Gasteiger partial charge in [0, 0.05) is 17.6 Å². The van der Waals surface area contributed by atoms with Crippen molar-refractivity contribution in [2.75, 3.05) is 11.9 Å². The average molecular weight is 441 g/mol. The zero-order valence-electron chi connectivity index (χ0n) is 15.9. The van der Waals surface area contributed by atoms with Gasteiger partial charge < -0.3 is 20.1 Å². The number of carbonyl (C=O) groups excluding carboxylic acids is 3. The van der Waals surface area contributed by atoms with Gasteiger partial charge in [0.15, 0.2) is 6.61 Å². The largest absolute Gasteiger partial charge is 0.455 e. The lowest BCUT2D eigenvalue weighted by Gasteiger charge is -2.18. The molecule has 2 aromatic carbocycles. The Hall–Kier alpha value is -3.20. The number of amides is 2. The van der Waals surface area contributed by atoms with Crippen LogP contribution in [0.4, 0.5) is 14.5 Å². The van der Waals surface area contributed by atoms with E-state index in [1.54, 1.807) is 24.3 Å². The number of alkyl halides is 2. The highest BCUT2D eigenvalue weighted by atomic mass is 35.5. The van der Waals surface area contributed by atoms with Gasteiger partial charge in [0.1, 0.15) is 5.75 Å². The second kappa shape index (κ2) is 11.1. The van der Waals surface area contributed by atoms with Crippen LogP contribution >= 0.6 is 11.6 Å². The normalized spacial score (nSPS) is 11.5. The van der Waals surface area contributed by atoms with Crippen LogP contribution in [0.2, 0.25) is 5.02 Å². The van der Waals surface area contributed by atoms with E-state index in [4.69, 9.17) is 16.3 Å². The zero-order valence-corrected chi connectivity index (χ0v) is 16.6. The molecule has 0 aliphatic rings. The van der Waals surface area contributed by atoms with Crippen molar-refractivity contribution in [1.29, 1.82) is 0 Å². The second-order valence-electron chi connectivity index (χ2n) is 6.09. The van der Waals surface area contributed by atoms with E-state index in [-0.39, 0.29) is 18.1 Å². The van der Waals surface area contributed by atoms with Gasteiger partial charge in [0.2, 0.25) is 5.91 Å². The van der Waals surface area contributed by atoms with Gasteiger partial charge in [-0.25, -0.2) is 0 Å². The van der Waals surface area contributed by atoms with Crippen LogP contribution in [0.5, 0.6) is 5.75 Å². The Morgan fingerprint density at radius 3 is 2.33 bits per heavy atom. The van der Waals surface area contributed by atoms with Crippen molar-refractivity contribution in [2.45, 2.75) is 26.0 Å². The van der Waals surface area contributed by atoms with Crippen molar-refractivity contribution >= 4 is 35.1 Å². The maximum atomic E-state index is 12.1. The Morgan fingerprint density at radius 1 is 1.07 bits per heavy atom. The third kappa shape index (κ3) is 7.67. The summed E-state index contributed by atoms with van der Waals surface area (Å²) in [6.07, 6.45) is -0.226. The monoisotopic (exact) mass is 440 g/mol. The molecule has 1 atom stereocenters. The minimum Gasteiger partial charge on any atom is -0.455 e. The first-order valence-electron chi connectivity index (χ1n) is 8.76. The SMILES string of the molecule is CC(=O)N[C@H](CC(=O)OCC(=O)Nc1ccc(OC(F)F)cc1)c1ccccc1Cl. The number of esters is 1. The molecule has 0 heterocycles. The van der Waals surface area contributed by atoms with Gasteiger partial charge in [-0.2, -0.15) is 8.78 Å². The van der Waals surface area contributed by atoms with Crippen LogP contribution < -0.4 is 15.4 Å². The molecule has 0 aromatic heterocycles. The van der Waals surface area contributed by atoms with Crippen molar-refractivity contribution in [1.82, 2.24) is 5.32 Å². The topological polar surface area (TPSA) is 93.7 Å². The first kappa shape index (κ1) is 23.1. The molecule has 0 saturated carbocycles. The fourth-order valence-electron chi connectivity index (χ4n) is 2.53. The highest BCUT2D eigenvalue weighted by Gasteiger charge is 2.21. The maximum absolute atomic E-state index is 12.1. The summed E-state index contributed by atoms with van der Waals surface area (Å²) in [5.74, 6) is -1.76. The van der Waals surface area contributed by atoms with E-state index in [9.17, 15) is 23.2 Å². The van der Waals surface area contributed by atoms with Crippen molar-refractivity contribution < 1.29 is 32.6 Å². The van der Waals surface area contributed by atoms with Gasteiger partial charge >= 0.3 is 12.6 Å². The van der Waals surface area contributed by atoms with Crippen LogP contribution in [-0.2, 0) is 19.1 Å². The molecular weight excluding hydrogens is 422 g/mol. The van der Waals surface area contributed by atoms with E-state index in [1.165, 1.54) is 31.2 Å². The fraction of sp³-hybridized carbons (Fsp3) is 0.250. The molecule has 0 bridgehead atoms. The lowest BCUT2D eigenvalue weighted by atomic mass is 10.0. The van der Waals surface area contributed by atoms with Crippen LogP contribution in [0, 0.1) is 0 Å². The maximum Gasteiger partial charge on any atom is 0.387 e. The first-order valence-corrected chi connectivity index (χ1v) is 9.14. The van der Waals surface area contributed by atoms with Crippen molar-refractivity contribution in [3.05, 3.63) is 59.1 Å². The molecule has 0 saturated heterocycles. The average Bonchev–Trinajstić information content (AvgIpc) is 2.67. The lowest BCUT2D eigenvalue weighted by molar-refractivity contribution is -0.148. The van der Waals surface area contributed by atoms with Crippen LogP contribution in [0.15, 0.2) is 48.5 Å². The summed E-state index contributed by atoms with van der Waals surface area (Å²) in [4.78, 5) is 35.5. The van der Waals surface area contributed by atoms with E-state index in [0.29, 0.717) is 16.3 Å². The standard InChI is InChI=1S/C20H19ClF2N2O5/c1-12(26)24-17(15-4-2-3-5-16(15)21)10-19(28)29-11-18(27)25-13-6-8-14(9-7-13)30-20(22)23/h2-9,17,20H,10-11H2,1H3,(H,24,26)(H,25,27)/t17-/m1/s1. The van der Waals surface area contributed by atoms with E-state index in [1.807, 2.05) is 0 Å². The predicted octanol–water partition coefficient (Wildman–Crippen LogP) is 3.69. The number of hydrogen-bond acceptors (Lipinski definition) is 5. The van der Waals surface area contributed by atoms with Crippen molar-refractivity contribution in [3.8, 4) is 5.75 Å². The van der Waals surface area contributed by atoms with Crippen LogP contribution in [0.25, 0.3) is 0 Å². The molecule has 2 aromatic rings. The van der Waals surface area contributed by atoms with Gasteiger partial charge in [0.05, 0.1) is 12.5 Å². The van der Waals surface area contributed by atoms with Gasteiger partial charge in [-0.1, -0.05) is 29.8 Å². The summed E-state index contributed by atoms with van der Waals surface area (Å²) in [5.41, 5.74) is 0.853. The molecular formula is C20H19ClF2N2O5. The molecule has 0 aliphatic heterocycles. The molecule has 2 rings (SSSR count). The molecule has 30 heavy (non-hydrogen) atoms. The van der Waals surface area contributed by atoms with E-state index >= 15 is 0 Å². The fourth-order valence-corrected chi connectivity index (χ4v) is 2.80. The molecule has 0 radical (unpaired) electrons. The van der Waals surface area contributed by atoms with E-state index < -0.39 is 31.1 Å². The Morgan fingerprint density at radius 2 is 1.73 bits per heavy atom. The third-order valence-electron chi connectivity index (χ3n) is 3.76.